The highest BCUT2D eigenvalue weighted by Crippen LogP contribution is 2.23. The largest absolute Gasteiger partial charge is 0.346 e. The molecule has 10 heteroatoms. The van der Waals surface area contributed by atoms with E-state index < -0.39 is 38.2 Å². The summed E-state index contributed by atoms with van der Waals surface area (Å²) in [7, 11) is -3.75. The number of non-ortho nitro benzene ring substituents is 1. The van der Waals surface area contributed by atoms with Crippen molar-refractivity contribution >= 4 is 33.0 Å². The monoisotopic (exact) mass is 400 g/mol. The third-order valence-electron chi connectivity index (χ3n) is 3.58. The van der Waals surface area contributed by atoms with Crippen LogP contribution in [0.15, 0.2) is 41.3 Å². The van der Waals surface area contributed by atoms with Crippen LogP contribution in [0.25, 0.3) is 0 Å². The quantitative estimate of drug-likeness (QED) is 0.612. The molecule has 0 aliphatic rings. The number of sulfone groups is 1. The van der Waals surface area contributed by atoms with Crippen molar-refractivity contribution in [1.29, 1.82) is 0 Å². The Balaban J connectivity index is 2.35. The highest BCUT2D eigenvalue weighted by molar-refractivity contribution is 7.90. The van der Waals surface area contributed by atoms with Crippen molar-refractivity contribution < 1.29 is 22.5 Å². The lowest BCUT2D eigenvalue weighted by molar-refractivity contribution is -0.385. The number of nitro benzene ring substituents is 1. The molecule has 0 heterocycles. The van der Waals surface area contributed by atoms with Gasteiger partial charge in [0.15, 0.2) is 9.84 Å². The number of nitrogens with zero attached hydrogens (tertiary/aromatic N) is 1. The second-order valence-corrected chi connectivity index (χ2v) is 8.04. The molecule has 0 aromatic heterocycles. The molecule has 0 bridgehead atoms. The van der Waals surface area contributed by atoms with Gasteiger partial charge in [0.25, 0.3) is 11.6 Å². The molecule has 1 N–H and O–H groups in total. The lowest BCUT2D eigenvalue weighted by atomic mass is 10.1. The fourth-order valence-corrected chi connectivity index (χ4v) is 3.04. The number of carbonyl (C=O) groups is 1. The van der Waals surface area contributed by atoms with Crippen molar-refractivity contribution in [2.24, 2.45) is 0 Å². The average molecular weight is 401 g/mol. The van der Waals surface area contributed by atoms with Crippen molar-refractivity contribution in [2.75, 3.05) is 6.26 Å². The molecule has 26 heavy (non-hydrogen) atoms. The number of nitrogens with one attached hydrogen (secondary N) is 1. The van der Waals surface area contributed by atoms with Crippen LogP contribution in [0.1, 0.15) is 28.9 Å². The minimum Gasteiger partial charge on any atom is -0.346 e. The normalized spacial score (nSPS) is 12.5. The molecule has 0 radical (unpaired) electrons. The van der Waals surface area contributed by atoms with E-state index in [1.807, 2.05) is 0 Å². The Bertz CT molecular complexity index is 994. The summed E-state index contributed by atoms with van der Waals surface area (Å²) in [5.41, 5.74) is -0.186. The second kappa shape index (κ2) is 7.38. The van der Waals surface area contributed by atoms with Crippen LogP contribution in [0.2, 0.25) is 5.02 Å². The zero-order chi connectivity index (χ0) is 19.6. The van der Waals surface area contributed by atoms with Gasteiger partial charge in [0, 0.05) is 24.0 Å². The molecule has 0 spiro atoms. The van der Waals surface area contributed by atoms with Gasteiger partial charge in [-0.15, -0.1) is 0 Å². The number of halogens is 2. The van der Waals surface area contributed by atoms with Crippen LogP contribution in [0.5, 0.6) is 0 Å². The third kappa shape index (κ3) is 4.55. The molecule has 2 aromatic rings. The molecule has 1 unspecified atom stereocenters. The SMILES string of the molecule is CC(NC(=O)c1cc([N+](=O)[O-])cc(S(C)(=O)=O)c1)c1ccc(F)c(Cl)c1. The van der Waals surface area contributed by atoms with E-state index >= 15 is 0 Å². The smallest absolute Gasteiger partial charge is 0.271 e. The first kappa shape index (κ1) is 19.8. The number of hydrogen-bond acceptors (Lipinski definition) is 5. The third-order valence-corrected chi connectivity index (χ3v) is 4.97. The first-order valence-electron chi connectivity index (χ1n) is 7.24. The van der Waals surface area contributed by atoms with E-state index in [1.165, 1.54) is 12.1 Å². The summed E-state index contributed by atoms with van der Waals surface area (Å²) in [6.07, 6.45) is 0.886. The zero-order valence-electron chi connectivity index (χ0n) is 13.7. The molecule has 1 amide bonds. The van der Waals surface area contributed by atoms with Gasteiger partial charge in [0.1, 0.15) is 5.82 Å². The minimum atomic E-state index is -3.75. The van der Waals surface area contributed by atoms with Gasteiger partial charge in [-0.3, -0.25) is 14.9 Å². The minimum absolute atomic E-state index is 0.113. The van der Waals surface area contributed by atoms with Crippen LogP contribution in [0.3, 0.4) is 0 Å². The molecule has 0 saturated carbocycles. The molecule has 7 nitrogen and oxygen atoms in total. The van der Waals surface area contributed by atoms with Crippen LogP contribution in [0.4, 0.5) is 10.1 Å². The lowest BCUT2D eigenvalue weighted by Gasteiger charge is -2.15. The van der Waals surface area contributed by atoms with Crippen molar-refractivity contribution in [3.8, 4) is 0 Å². The van der Waals surface area contributed by atoms with E-state index in [4.69, 9.17) is 11.6 Å². The summed E-state index contributed by atoms with van der Waals surface area (Å²) in [5.74, 6) is -1.32. The molecular formula is C16H14ClFN2O5S. The highest BCUT2D eigenvalue weighted by Gasteiger charge is 2.20. The molecule has 1 atom stereocenters. The zero-order valence-corrected chi connectivity index (χ0v) is 15.3. The van der Waals surface area contributed by atoms with E-state index in [2.05, 4.69) is 5.32 Å². The van der Waals surface area contributed by atoms with Crippen LogP contribution in [0, 0.1) is 15.9 Å². The molecule has 0 aliphatic heterocycles. The van der Waals surface area contributed by atoms with Crippen LogP contribution < -0.4 is 5.32 Å². The Hall–Kier alpha value is -2.52. The van der Waals surface area contributed by atoms with E-state index in [9.17, 15) is 27.7 Å². The number of amides is 1. The lowest BCUT2D eigenvalue weighted by Crippen LogP contribution is -2.27. The molecular weight excluding hydrogens is 387 g/mol. The van der Waals surface area contributed by atoms with Crippen molar-refractivity contribution in [3.63, 3.8) is 0 Å². The van der Waals surface area contributed by atoms with E-state index in [0.29, 0.717) is 5.56 Å². The second-order valence-electron chi connectivity index (χ2n) is 5.61. The molecule has 138 valence electrons. The van der Waals surface area contributed by atoms with Crippen molar-refractivity contribution in [3.05, 3.63) is 68.5 Å². The Kier molecular flexibility index (Phi) is 5.62. The van der Waals surface area contributed by atoms with Crippen LogP contribution in [-0.4, -0.2) is 25.5 Å². The summed E-state index contributed by atoms with van der Waals surface area (Å²) in [6, 6.07) is 6.25. The van der Waals surface area contributed by atoms with Gasteiger partial charge >= 0.3 is 0 Å². The van der Waals surface area contributed by atoms with Gasteiger partial charge in [-0.1, -0.05) is 17.7 Å². The molecule has 2 aromatic carbocycles. The predicted molar refractivity (Wildman–Crippen MR) is 93.5 cm³/mol. The van der Waals surface area contributed by atoms with Gasteiger partial charge in [-0.05, 0) is 30.7 Å². The van der Waals surface area contributed by atoms with Crippen LogP contribution >= 0.6 is 11.6 Å². The summed E-state index contributed by atoms with van der Waals surface area (Å²) in [5, 5.41) is 13.5. The van der Waals surface area contributed by atoms with Crippen molar-refractivity contribution in [1.82, 2.24) is 5.32 Å². The summed E-state index contributed by atoms with van der Waals surface area (Å²) in [6.45, 7) is 1.61. The summed E-state index contributed by atoms with van der Waals surface area (Å²) < 4.78 is 36.6. The number of hydrogen-bond donors (Lipinski definition) is 1. The van der Waals surface area contributed by atoms with Gasteiger partial charge < -0.3 is 5.32 Å². The Morgan fingerprint density at radius 1 is 1.27 bits per heavy atom. The molecule has 0 fully saturated rings. The number of benzene rings is 2. The standard InChI is InChI=1S/C16H14ClFN2O5S/c1-9(10-3-4-15(18)14(17)7-10)19-16(21)11-5-12(20(22)23)8-13(6-11)26(2,24)25/h3-9H,1-2H3,(H,19,21). The fraction of sp³-hybridized carbons (Fsp3) is 0.188. The van der Waals surface area contributed by atoms with Crippen LogP contribution in [-0.2, 0) is 9.84 Å². The van der Waals surface area contributed by atoms with E-state index in [-0.39, 0.29) is 15.5 Å². The Labute approximate surface area is 153 Å². The maximum absolute atomic E-state index is 13.2. The Morgan fingerprint density at radius 2 is 1.92 bits per heavy atom. The van der Waals surface area contributed by atoms with Gasteiger partial charge in [0.2, 0.25) is 0 Å². The summed E-state index contributed by atoms with van der Waals surface area (Å²) in [4.78, 5) is 22.3. The number of rotatable bonds is 5. The van der Waals surface area contributed by atoms with Gasteiger partial charge in [0.05, 0.1) is 20.9 Å². The highest BCUT2D eigenvalue weighted by atomic mass is 35.5. The Morgan fingerprint density at radius 3 is 2.46 bits per heavy atom. The maximum atomic E-state index is 13.2. The number of nitro groups is 1. The average Bonchev–Trinajstić information content (AvgIpc) is 2.55. The predicted octanol–water partition coefficient (Wildman–Crippen LogP) is 3.28. The summed E-state index contributed by atoms with van der Waals surface area (Å²) >= 11 is 5.71. The maximum Gasteiger partial charge on any atom is 0.271 e. The fourth-order valence-electron chi connectivity index (χ4n) is 2.18. The first-order chi connectivity index (χ1) is 12.0. The first-order valence-corrected chi connectivity index (χ1v) is 9.51. The van der Waals surface area contributed by atoms with Crippen molar-refractivity contribution in [2.45, 2.75) is 17.9 Å². The van der Waals surface area contributed by atoms with Gasteiger partial charge in [-0.25, -0.2) is 12.8 Å². The van der Waals surface area contributed by atoms with E-state index in [0.717, 1.165) is 30.5 Å². The molecule has 0 aliphatic carbocycles. The number of carbonyl (C=O) groups excluding carboxylic acids is 1. The van der Waals surface area contributed by atoms with Gasteiger partial charge in [-0.2, -0.15) is 0 Å². The molecule has 0 saturated heterocycles. The molecule has 2 rings (SSSR count). The van der Waals surface area contributed by atoms with E-state index in [1.54, 1.807) is 6.92 Å². The topological polar surface area (TPSA) is 106 Å².